The largest absolute Gasteiger partial charge is 0.314 e. The Kier molecular flexibility index (Phi) is 4.92. The highest BCUT2D eigenvalue weighted by atomic mass is 79.9. The highest BCUT2D eigenvalue weighted by molar-refractivity contribution is 9.10. The molecule has 0 radical (unpaired) electrons. The number of halogens is 1. The molecule has 1 unspecified atom stereocenters. The first-order valence-corrected chi connectivity index (χ1v) is 8.30. The molecule has 1 N–H and O–H groups in total. The quantitative estimate of drug-likeness (QED) is 0.916. The molecule has 5 heteroatoms. The average Bonchev–Trinajstić information content (AvgIpc) is 2.66. The van der Waals surface area contributed by atoms with Crippen molar-refractivity contribution in [3.05, 3.63) is 15.9 Å². The fourth-order valence-corrected chi connectivity index (χ4v) is 3.41. The molecule has 1 atom stereocenters. The van der Waals surface area contributed by atoms with Crippen LogP contribution in [0.5, 0.6) is 0 Å². The van der Waals surface area contributed by atoms with Crippen molar-refractivity contribution in [3.8, 4) is 0 Å². The molecule has 0 spiro atoms. The molecular formula is C15H27BrN4. The molecule has 0 saturated carbocycles. The second kappa shape index (κ2) is 6.16. The van der Waals surface area contributed by atoms with Gasteiger partial charge in [-0.1, -0.05) is 20.8 Å². The summed E-state index contributed by atoms with van der Waals surface area (Å²) in [6, 6.07) is 0.559. The molecule has 2 rings (SSSR count). The van der Waals surface area contributed by atoms with Crippen LogP contribution < -0.4 is 5.32 Å². The summed E-state index contributed by atoms with van der Waals surface area (Å²) >= 11 is 3.71. The van der Waals surface area contributed by atoms with E-state index in [9.17, 15) is 0 Å². The number of nitrogens with zero attached hydrogens (tertiary/aromatic N) is 3. The first kappa shape index (κ1) is 16.0. The van der Waals surface area contributed by atoms with Gasteiger partial charge in [-0.25, -0.2) is 0 Å². The summed E-state index contributed by atoms with van der Waals surface area (Å²) < 4.78 is 3.30. The van der Waals surface area contributed by atoms with Crippen LogP contribution in [0.3, 0.4) is 0 Å². The maximum absolute atomic E-state index is 4.61. The van der Waals surface area contributed by atoms with Gasteiger partial charge in [-0.3, -0.25) is 9.58 Å². The van der Waals surface area contributed by atoms with Crippen molar-refractivity contribution in [2.45, 2.75) is 53.8 Å². The summed E-state index contributed by atoms with van der Waals surface area (Å²) in [4.78, 5) is 2.60. The van der Waals surface area contributed by atoms with Gasteiger partial charge in [-0.2, -0.15) is 5.10 Å². The average molecular weight is 343 g/mol. The highest BCUT2D eigenvalue weighted by Crippen LogP contribution is 2.29. The summed E-state index contributed by atoms with van der Waals surface area (Å²) in [6.07, 6.45) is 0. The smallest absolute Gasteiger partial charge is 0.0739 e. The second-order valence-corrected chi connectivity index (χ2v) is 7.51. The summed E-state index contributed by atoms with van der Waals surface area (Å²) in [5.74, 6) is 0. The Morgan fingerprint density at radius 2 is 2.10 bits per heavy atom. The molecule has 1 fully saturated rings. The molecule has 4 nitrogen and oxygen atoms in total. The van der Waals surface area contributed by atoms with Crippen molar-refractivity contribution in [1.82, 2.24) is 20.0 Å². The lowest BCUT2D eigenvalue weighted by molar-refractivity contribution is 0.0664. The normalized spacial score (nSPS) is 21.4. The van der Waals surface area contributed by atoms with Gasteiger partial charge in [-0.05, 0) is 35.2 Å². The zero-order valence-electron chi connectivity index (χ0n) is 13.3. The van der Waals surface area contributed by atoms with Crippen LogP contribution in [-0.2, 0) is 13.1 Å². The topological polar surface area (TPSA) is 33.1 Å². The third-order valence-corrected chi connectivity index (χ3v) is 5.19. The minimum Gasteiger partial charge on any atom is -0.314 e. The fraction of sp³-hybridized carbons (Fsp3) is 0.800. The number of hydrogen-bond donors (Lipinski definition) is 1. The predicted molar refractivity (Wildman–Crippen MR) is 86.9 cm³/mol. The SMILES string of the molecule is CCn1nc(C)c(Br)c1CN1CCNCC1C(C)(C)C. The van der Waals surface area contributed by atoms with Gasteiger partial charge in [-0.15, -0.1) is 0 Å². The number of hydrogen-bond acceptors (Lipinski definition) is 3. The van der Waals surface area contributed by atoms with E-state index in [1.54, 1.807) is 0 Å². The molecule has 0 aliphatic carbocycles. The zero-order valence-corrected chi connectivity index (χ0v) is 14.9. The van der Waals surface area contributed by atoms with Crippen LogP contribution in [0.2, 0.25) is 0 Å². The Labute approximate surface area is 131 Å². The van der Waals surface area contributed by atoms with Gasteiger partial charge in [0.15, 0.2) is 0 Å². The van der Waals surface area contributed by atoms with E-state index in [1.165, 1.54) is 10.2 Å². The van der Waals surface area contributed by atoms with E-state index >= 15 is 0 Å². The van der Waals surface area contributed by atoms with E-state index in [0.29, 0.717) is 6.04 Å². The van der Waals surface area contributed by atoms with Gasteiger partial charge in [0, 0.05) is 38.8 Å². The van der Waals surface area contributed by atoms with Crippen LogP contribution in [-0.4, -0.2) is 40.4 Å². The third-order valence-electron chi connectivity index (χ3n) is 4.16. The molecular weight excluding hydrogens is 316 g/mol. The van der Waals surface area contributed by atoms with E-state index in [1.807, 2.05) is 0 Å². The zero-order chi connectivity index (χ0) is 14.9. The second-order valence-electron chi connectivity index (χ2n) is 6.72. The van der Waals surface area contributed by atoms with Gasteiger partial charge in [0.1, 0.15) is 0 Å². The molecule has 1 saturated heterocycles. The number of piperazine rings is 1. The minimum absolute atomic E-state index is 0.284. The maximum atomic E-state index is 4.61. The summed E-state index contributed by atoms with van der Waals surface area (Å²) in [5, 5.41) is 8.14. The number of rotatable bonds is 3. The number of nitrogens with one attached hydrogen (secondary N) is 1. The Morgan fingerprint density at radius 1 is 1.40 bits per heavy atom. The minimum atomic E-state index is 0.284. The van der Waals surface area contributed by atoms with Crippen LogP contribution in [0.1, 0.15) is 39.1 Å². The first-order valence-electron chi connectivity index (χ1n) is 7.51. The van der Waals surface area contributed by atoms with E-state index in [4.69, 9.17) is 0 Å². The molecule has 1 aromatic rings. The third kappa shape index (κ3) is 3.26. The van der Waals surface area contributed by atoms with Crippen molar-refractivity contribution in [2.24, 2.45) is 5.41 Å². The molecule has 2 heterocycles. The fourth-order valence-electron chi connectivity index (χ4n) is 3.00. The van der Waals surface area contributed by atoms with Crippen LogP contribution in [0.25, 0.3) is 0 Å². The predicted octanol–water partition coefficient (Wildman–Crippen LogP) is 2.79. The van der Waals surface area contributed by atoms with Gasteiger partial charge in [0.2, 0.25) is 0 Å². The summed E-state index contributed by atoms with van der Waals surface area (Å²) in [5.41, 5.74) is 2.68. The molecule has 20 heavy (non-hydrogen) atoms. The summed E-state index contributed by atoms with van der Waals surface area (Å²) in [6.45, 7) is 16.3. The van der Waals surface area contributed by atoms with Crippen LogP contribution >= 0.6 is 15.9 Å². The maximum Gasteiger partial charge on any atom is 0.0739 e. The molecule has 1 aromatic heterocycles. The highest BCUT2D eigenvalue weighted by Gasteiger charge is 2.33. The summed E-state index contributed by atoms with van der Waals surface area (Å²) in [7, 11) is 0. The first-order chi connectivity index (χ1) is 9.34. The number of aryl methyl sites for hydroxylation is 2. The standard InChI is InChI=1S/C15H27BrN4/c1-6-20-12(14(16)11(2)18-20)10-19-8-7-17-9-13(19)15(3,4)5/h13,17H,6-10H2,1-5H3. The van der Waals surface area contributed by atoms with Gasteiger partial charge >= 0.3 is 0 Å². The Hall–Kier alpha value is -0.390. The van der Waals surface area contributed by atoms with Crippen molar-refractivity contribution in [3.63, 3.8) is 0 Å². The van der Waals surface area contributed by atoms with E-state index in [2.05, 4.69) is 70.5 Å². The Balaban J connectivity index is 2.23. The van der Waals surface area contributed by atoms with Crippen molar-refractivity contribution in [2.75, 3.05) is 19.6 Å². The molecule has 114 valence electrons. The Bertz CT molecular complexity index is 461. The van der Waals surface area contributed by atoms with E-state index in [-0.39, 0.29) is 5.41 Å². The lowest BCUT2D eigenvalue weighted by Crippen LogP contribution is -2.56. The monoisotopic (exact) mass is 342 g/mol. The van der Waals surface area contributed by atoms with Crippen LogP contribution in [0, 0.1) is 12.3 Å². The molecule has 0 aromatic carbocycles. The van der Waals surface area contributed by atoms with Crippen molar-refractivity contribution < 1.29 is 0 Å². The van der Waals surface area contributed by atoms with Crippen molar-refractivity contribution in [1.29, 1.82) is 0 Å². The van der Waals surface area contributed by atoms with Gasteiger partial charge in [0.25, 0.3) is 0 Å². The molecule has 0 amide bonds. The molecule has 1 aliphatic rings. The molecule has 0 bridgehead atoms. The lowest BCUT2D eigenvalue weighted by atomic mass is 9.84. The van der Waals surface area contributed by atoms with Gasteiger partial charge in [0.05, 0.1) is 15.9 Å². The molecule has 1 aliphatic heterocycles. The number of aromatic nitrogens is 2. The van der Waals surface area contributed by atoms with Crippen LogP contribution in [0.15, 0.2) is 4.47 Å². The van der Waals surface area contributed by atoms with Crippen molar-refractivity contribution >= 4 is 15.9 Å². The van der Waals surface area contributed by atoms with Crippen LogP contribution in [0.4, 0.5) is 0 Å². The van der Waals surface area contributed by atoms with Gasteiger partial charge < -0.3 is 5.32 Å². The van der Waals surface area contributed by atoms with E-state index < -0.39 is 0 Å². The van der Waals surface area contributed by atoms with E-state index in [0.717, 1.165) is 38.4 Å². The lowest BCUT2D eigenvalue weighted by Gasteiger charge is -2.43. The Morgan fingerprint density at radius 3 is 2.70 bits per heavy atom.